The molecular formula is C27H27ClN2O. The summed E-state index contributed by atoms with van der Waals surface area (Å²) in [7, 11) is 0. The molecular weight excluding hydrogens is 404 g/mol. The van der Waals surface area contributed by atoms with Crippen molar-refractivity contribution in [3.8, 4) is 0 Å². The number of carbonyl (C=O) groups excluding carboxylic acids is 1. The molecule has 3 nitrogen and oxygen atoms in total. The van der Waals surface area contributed by atoms with E-state index in [2.05, 4.69) is 47.3 Å². The molecule has 0 fully saturated rings. The molecule has 31 heavy (non-hydrogen) atoms. The molecule has 1 aromatic heterocycles. The van der Waals surface area contributed by atoms with E-state index in [4.69, 9.17) is 11.6 Å². The maximum Gasteiger partial charge on any atom is 0.221 e. The number of hydrogen-bond acceptors (Lipinski definition) is 1. The number of fused-ring (bicyclic) bond motifs is 1. The number of nitrogens with one attached hydrogen (secondary N) is 1. The Labute approximate surface area is 188 Å². The molecule has 0 spiro atoms. The van der Waals surface area contributed by atoms with Crippen LogP contribution in [0.3, 0.4) is 0 Å². The Bertz CT molecular complexity index is 1170. The van der Waals surface area contributed by atoms with Crippen LogP contribution in [0.4, 0.5) is 0 Å². The number of amides is 1. The van der Waals surface area contributed by atoms with E-state index in [1.54, 1.807) is 0 Å². The first-order valence-electron chi connectivity index (χ1n) is 10.7. The van der Waals surface area contributed by atoms with Crippen molar-refractivity contribution in [1.29, 1.82) is 0 Å². The summed E-state index contributed by atoms with van der Waals surface area (Å²) >= 11 is 6.14. The van der Waals surface area contributed by atoms with Crippen molar-refractivity contribution >= 4 is 28.4 Å². The molecule has 0 aliphatic rings. The lowest BCUT2D eigenvalue weighted by Crippen LogP contribution is -2.28. The van der Waals surface area contributed by atoms with E-state index in [0.29, 0.717) is 11.4 Å². The van der Waals surface area contributed by atoms with Gasteiger partial charge in [-0.05, 0) is 48.7 Å². The Hall–Kier alpha value is -3.04. The molecule has 1 amide bonds. The number of nitrogens with zero attached hydrogens (tertiary/aromatic N) is 1. The van der Waals surface area contributed by atoms with Crippen molar-refractivity contribution in [2.45, 2.75) is 38.8 Å². The maximum absolute atomic E-state index is 13.1. The number of benzene rings is 3. The van der Waals surface area contributed by atoms with Crippen LogP contribution >= 0.6 is 11.6 Å². The fourth-order valence-electron chi connectivity index (χ4n) is 4.23. The first-order valence-corrected chi connectivity index (χ1v) is 11.1. The van der Waals surface area contributed by atoms with Gasteiger partial charge < -0.3 is 9.88 Å². The molecule has 2 atom stereocenters. The van der Waals surface area contributed by atoms with E-state index >= 15 is 0 Å². The summed E-state index contributed by atoms with van der Waals surface area (Å²) in [4.78, 5) is 13.1. The van der Waals surface area contributed by atoms with Crippen LogP contribution in [0, 0.1) is 0 Å². The molecule has 0 bridgehead atoms. The molecule has 2 unspecified atom stereocenters. The zero-order valence-electron chi connectivity index (χ0n) is 17.9. The van der Waals surface area contributed by atoms with Crippen LogP contribution in [-0.4, -0.2) is 10.5 Å². The average Bonchev–Trinajstić information content (AvgIpc) is 3.17. The van der Waals surface area contributed by atoms with Crippen molar-refractivity contribution < 1.29 is 4.79 Å². The smallest absolute Gasteiger partial charge is 0.221 e. The van der Waals surface area contributed by atoms with Gasteiger partial charge in [0.1, 0.15) is 0 Å². The summed E-state index contributed by atoms with van der Waals surface area (Å²) in [5.74, 6) is -0.0254. The molecule has 0 aliphatic heterocycles. The van der Waals surface area contributed by atoms with Gasteiger partial charge in [0, 0.05) is 41.0 Å². The molecule has 4 aromatic rings. The number of para-hydroxylation sites is 1. The molecule has 4 heteroatoms. The van der Waals surface area contributed by atoms with E-state index < -0.39 is 0 Å². The zero-order valence-corrected chi connectivity index (χ0v) is 18.6. The predicted octanol–water partition coefficient (Wildman–Crippen LogP) is 6.71. The number of aromatic nitrogens is 1. The standard InChI is InChI=1S/C27H27ClN2O/c1-3-30-18-25(23-11-7-8-12-26(23)30)24(21-13-15-22(28)16-14-21)17-27(31)29-19(2)20-9-5-4-6-10-20/h4-16,18-19,24H,3,17H2,1-2H3,(H,29,31). The fourth-order valence-corrected chi connectivity index (χ4v) is 4.35. The van der Waals surface area contributed by atoms with E-state index in [1.165, 1.54) is 16.5 Å². The third kappa shape index (κ3) is 4.67. The largest absolute Gasteiger partial charge is 0.350 e. The number of rotatable bonds is 7. The SMILES string of the molecule is CCn1cc(C(CC(=O)NC(C)c2ccccc2)c2ccc(Cl)cc2)c2ccccc21. The van der Waals surface area contributed by atoms with Gasteiger partial charge in [0.05, 0.1) is 6.04 Å². The summed E-state index contributed by atoms with van der Waals surface area (Å²) in [5, 5.41) is 5.06. The van der Waals surface area contributed by atoms with E-state index in [9.17, 15) is 4.79 Å². The highest BCUT2D eigenvalue weighted by Crippen LogP contribution is 2.35. The highest BCUT2D eigenvalue weighted by atomic mass is 35.5. The third-order valence-electron chi connectivity index (χ3n) is 5.87. The lowest BCUT2D eigenvalue weighted by molar-refractivity contribution is -0.121. The van der Waals surface area contributed by atoms with E-state index in [0.717, 1.165) is 17.7 Å². The van der Waals surface area contributed by atoms with Gasteiger partial charge in [0.2, 0.25) is 5.91 Å². The summed E-state index contributed by atoms with van der Waals surface area (Å²) in [6, 6.07) is 26.2. The van der Waals surface area contributed by atoms with Crippen LogP contribution in [0.25, 0.3) is 10.9 Å². The predicted molar refractivity (Wildman–Crippen MR) is 129 cm³/mol. The summed E-state index contributed by atoms with van der Waals surface area (Å²) in [5.41, 5.74) is 4.55. The highest BCUT2D eigenvalue weighted by molar-refractivity contribution is 6.30. The number of carbonyl (C=O) groups is 1. The van der Waals surface area contributed by atoms with Gasteiger partial charge in [0.25, 0.3) is 0 Å². The Morgan fingerprint density at radius 2 is 1.61 bits per heavy atom. The molecule has 3 aromatic carbocycles. The minimum atomic E-state index is -0.0575. The topological polar surface area (TPSA) is 34.0 Å². The van der Waals surface area contributed by atoms with Gasteiger partial charge in [0.15, 0.2) is 0 Å². The van der Waals surface area contributed by atoms with Crippen molar-refractivity contribution in [3.05, 3.63) is 107 Å². The average molecular weight is 431 g/mol. The Morgan fingerprint density at radius 1 is 0.935 bits per heavy atom. The molecule has 0 aliphatic carbocycles. The quantitative estimate of drug-likeness (QED) is 0.347. The van der Waals surface area contributed by atoms with Crippen molar-refractivity contribution in [3.63, 3.8) is 0 Å². The van der Waals surface area contributed by atoms with Crippen molar-refractivity contribution in [2.75, 3.05) is 0 Å². The van der Waals surface area contributed by atoms with Gasteiger partial charge in [-0.15, -0.1) is 0 Å². The van der Waals surface area contributed by atoms with Crippen LogP contribution < -0.4 is 5.32 Å². The van der Waals surface area contributed by atoms with Crippen LogP contribution in [0.1, 0.15) is 48.9 Å². The molecule has 1 N–H and O–H groups in total. The third-order valence-corrected chi connectivity index (χ3v) is 6.13. The Kier molecular flexibility index (Phi) is 6.43. The first kappa shape index (κ1) is 21.2. The second kappa shape index (κ2) is 9.40. The van der Waals surface area contributed by atoms with Gasteiger partial charge in [-0.3, -0.25) is 4.79 Å². The lowest BCUT2D eigenvalue weighted by atomic mass is 9.88. The van der Waals surface area contributed by atoms with Crippen molar-refractivity contribution in [1.82, 2.24) is 9.88 Å². The molecule has 0 saturated carbocycles. The fraction of sp³-hybridized carbons (Fsp3) is 0.222. The minimum absolute atomic E-state index is 0.0321. The molecule has 1 heterocycles. The molecule has 0 saturated heterocycles. The Morgan fingerprint density at radius 3 is 2.32 bits per heavy atom. The molecule has 4 rings (SSSR count). The van der Waals surface area contributed by atoms with Gasteiger partial charge in [-0.2, -0.15) is 0 Å². The van der Waals surface area contributed by atoms with E-state index in [-0.39, 0.29) is 17.9 Å². The van der Waals surface area contributed by atoms with Gasteiger partial charge in [-0.1, -0.05) is 72.3 Å². The normalized spacial score (nSPS) is 13.1. The van der Waals surface area contributed by atoms with Crippen LogP contribution in [-0.2, 0) is 11.3 Å². The summed E-state index contributed by atoms with van der Waals surface area (Å²) in [6.45, 7) is 5.04. The maximum atomic E-state index is 13.1. The molecule has 158 valence electrons. The van der Waals surface area contributed by atoms with Crippen LogP contribution in [0.15, 0.2) is 85.1 Å². The van der Waals surface area contributed by atoms with Gasteiger partial charge >= 0.3 is 0 Å². The van der Waals surface area contributed by atoms with Crippen LogP contribution in [0.5, 0.6) is 0 Å². The lowest BCUT2D eigenvalue weighted by Gasteiger charge is -2.20. The van der Waals surface area contributed by atoms with Crippen LogP contribution in [0.2, 0.25) is 5.02 Å². The zero-order chi connectivity index (χ0) is 21.8. The van der Waals surface area contributed by atoms with E-state index in [1.807, 2.05) is 61.5 Å². The number of halogens is 1. The summed E-state index contributed by atoms with van der Waals surface area (Å²) < 4.78 is 2.25. The monoisotopic (exact) mass is 430 g/mol. The Balaban J connectivity index is 1.68. The number of aryl methyl sites for hydroxylation is 1. The number of hydrogen-bond donors (Lipinski definition) is 1. The second-order valence-corrected chi connectivity index (χ2v) is 8.33. The first-order chi connectivity index (χ1) is 15.1. The highest BCUT2D eigenvalue weighted by Gasteiger charge is 2.23. The van der Waals surface area contributed by atoms with Crippen molar-refractivity contribution in [2.24, 2.45) is 0 Å². The summed E-state index contributed by atoms with van der Waals surface area (Å²) in [6.07, 6.45) is 2.56. The van der Waals surface area contributed by atoms with Gasteiger partial charge in [-0.25, -0.2) is 0 Å². The second-order valence-electron chi connectivity index (χ2n) is 7.90. The molecule has 0 radical (unpaired) electrons. The minimum Gasteiger partial charge on any atom is -0.350 e.